The third kappa shape index (κ3) is 5.82. The summed E-state index contributed by atoms with van der Waals surface area (Å²) in [6.45, 7) is 0. The molecule has 1 aromatic heterocycles. The van der Waals surface area contributed by atoms with Gasteiger partial charge >= 0.3 is 0 Å². The molecule has 0 spiro atoms. The van der Waals surface area contributed by atoms with Crippen LogP contribution >= 0.6 is 0 Å². The standard InChI is InChI=1S/C51H35N3/c1-2-13-40(14-3-1)49-47-29-28-37-12-5-7-17-46(37)50(47)54-51(53-49)43-32-41(31-42(33-43)35-22-26-39(27-23-35)48-19-8-9-30-52-48)34-20-24-38(25-21-34)45-18-10-15-36-11-4-6-16-44(36)45/h1-33,49H,(H,53,54). The molecule has 1 aliphatic rings. The van der Waals surface area contributed by atoms with Crippen LogP contribution in [0.15, 0.2) is 205 Å². The monoisotopic (exact) mass is 689 g/mol. The lowest BCUT2D eigenvalue weighted by molar-refractivity contribution is 0.751. The van der Waals surface area contributed by atoms with Crippen LogP contribution in [-0.4, -0.2) is 10.8 Å². The van der Waals surface area contributed by atoms with E-state index in [0.29, 0.717) is 0 Å². The smallest absolute Gasteiger partial charge is 0.134 e. The van der Waals surface area contributed by atoms with E-state index in [0.717, 1.165) is 56.0 Å². The third-order valence-electron chi connectivity index (χ3n) is 10.6. The second-order valence-corrected chi connectivity index (χ2v) is 13.9. The average molecular weight is 690 g/mol. The largest absolute Gasteiger partial charge is 0.359 e. The minimum Gasteiger partial charge on any atom is -0.359 e. The molecule has 0 bridgehead atoms. The van der Waals surface area contributed by atoms with Gasteiger partial charge in [0.15, 0.2) is 0 Å². The maximum atomic E-state index is 5.42. The van der Waals surface area contributed by atoms with Crippen molar-refractivity contribution in [1.82, 2.24) is 10.3 Å². The fourth-order valence-corrected chi connectivity index (χ4v) is 7.83. The second-order valence-electron chi connectivity index (χ2n) is 13.9. The lowest BCUT2D eigenvalue weighted by atomic mass is 9.90. The Morgan fingerprint density at radius 2 is 1.00 bits per heavy atom. The molecule has 9 aromatic rings. The zero-order chi connectivity index (χ0) is 35.8. The summed E-state index contributed by atoms with van der Waals surface area (Å²) in [5.41, 5.74) is 13.4. The Morgan fingerprint density at radius 3 is 1.72 bits per heavy atom. The Bertz CT molecular complexity index is 2820. The number of pyridine rings is 1. The molecule has 10 rings (SSSR count). The first-order valence-electron chi connectivity index (χ1n) is 18.4. The molecule has 3 heteroatoms. The number of amidine groups is 1. The molecule has 0 radical (unpaired) electrons. The minimum atomic E-state index is -0.0527. The van der Waals surface area contributed by atoms with Gasteiger partial charge in [-0.25, -0.2) is 4.99 Å². The molecular weight excluding hydrogens is 655 g/mol. The van der Waals surface area contributed by atoms with Crippen LogP contribution in [0.3, 0.4) is 0 Å². The summed E-state index contributed by atoms with van der Waals surface area (Å²) in [7, 11) is 0. The summed E-state index contributed by atoms with van der Waals surface area (Å²) < 4.78 is 0. The van der Waals surface area contributed by atoms with Crippen molar-refractivity contribution in [3.8, 4) is 44.6 Å². The van der Waals surface area contributed by atoms with Crippen LogP contribution in [0, 0.1) is 0 Å². The molecule has 254 valence electrons. The normalized spacial score (nSPS) is 13.6. The molecule has 2 heterocycles. The van der Waals surface area contributed by atoms with E-state index in [9.17, 15) is 0 Å². The number of aliphatic imine (C=N–C) groups is 1. The van der Waals surface area contributed by atoms with Crippen molar-refractivity contribution in [3.63, 3.8) is 0 Å². The third-order valence-corrected chi connectivity index (χ3v) is 10.6. The average Bonchev–Trinajstić information content (AvgIpc) is 3.26. The van der Waals surface area contributed by atoms with Gasteiger partial charge in [0.1, 0.15) is 5.84 Å². The highest BCUT2D eigenvalue weighted by Crippen LogP contribution is 2.41. The van der Waals surface area contributed by atoms with Crippen molar-refractivity contribution in [3.05, 3.63) is 217 Å². The molecule has 1 aliphatic heterocycles. The van der Waals surface area contributed by atoms with Crippen LogP contribution in [0.1, 0.15) is 22.7 Å². The zero-order valence-electron chi connectivity index (χ0n) is 29.5. The van der Waals surface area contributed by atoms with Crippen LogP contribution < -0.4 is 5.32 Å². The first-order valence-corrected chi connectivity index (χ1v) is 18.4. The molecule has 0 aliphatic carbocycles. The first kappa shape index (κ1) is 31.6. The highest BCUT2D eigenvalue weighted by atomic mass is 15.1. The number of hydrogen-bond acceptors (Lipinski definition) is 3. The predicted octanol–water partition coefficient (Wildman–Crippen LogP) is 12.8. The summed E-state index contributed by atoms with van der Waals surface area (Å²) in [4.78, 5) is 10.00. The number of nitrogens with one attached hydrogen (secondary N) is 1. The van der Waals surface area contributed by atoms with Crippen molar-refractivity contribution in [2.75, 3.05) is 0 Å². The topological polar surface area (TPSA) is 37.3 Å². The van der Waals surface area contributed by atoms with Gasteiger partial charge in [0.25, 0.3) is 0 Å². The lowest BCUT2D eigenvalue weighted by Crippen LogP contribution is -2.33. The summed E-state index contributed by atoms with van der Waals surface area (Å²) in [5, 5.41) is 8.72. The quantitative estimate of drug-likeness (QED) is 0.189. The van der Waals surface area contributed by atoms with E-state index in [-0.39, 0.29) is 6.04 Å². The number of rotatable bonds is 6. The van der Waals surface area contributed by atoms with Crippen molar-refractivity contribution in [1.29, 1.82) is 0 Å². The number of benzene rings is 8. The van der Waals surface area contributed by atoms with Gasteiger partial charge in [-0.15, -0.1) is 0 Å². The van der Waals surface area contributed by atoms with Gasteiger partial charge in [0.2, 0.25) is 0 Å². The Morgan fingerprint density at radius 1 is 0.407 bits per heavy atom. The predicted molar refractivity (Wildman–Crippen MR) is 225 cm³/mol. The Kier molecular flexibility index (Phi) is 7.88. The number of hydrogen-bond donors (Lipinski definition) is 1. The molecule has 1 N–H and O–H groups in total. The van der Waals surface area contributed by atoms with Gasteiger partial charge < -0.3 is 5.32 Å². The van der Waals surface area contributed by atoms with E-state index in [1.54, 1.807) is 0 Å². The van der Waals surface area contributed by atoms with E-state index >= 15 is 0 Å². The molecule has 0 amide bonds. The van der Waals surface area contributed by atoms with E-state index in [2.05, 4.69) is 186 Å². The minimum absolute atomic E-state index is 0.0527. The van der Waals surface area contributed by atoms with Crippen LogP contribution in [-0.2, 0) is 0 Å². The summed E-state index contributed by atoms with van der Waals surface area (Å²) in [6, 6.07) is 69.3. The maximum Gasteiger partial charge on any atom is 0.134 e. The molecule has 3 nitrogen and oxygen atoms in total. The Hall–Kier alpha value is -7.10. The van der Waals surface area contributed by atoms with Gasteiger partial charge in [0, 0.05) is 28.3 Å². The molecule has 54 heavy (non-hydrogen) atoms. The molecule has 8 aromatic carbocycles. The molecule has 0 saturated carbocycles. The van der Waals surface area contributed by atoms with E-state index < -0.39 is 0 Å². The maximum absolute atomic E-state index is 5.42. The summed E-state index contributed by atoms with van der Waals surface area (Å²) in [6.07, 6.45) is 1.84. The zero-order valence-corrected chi connectivity index (χ0v) is 29.5. The van der Waals surface area contributed by atoms with Gasteiger partial charge in [0.05, 0.1) is 17.4 Å². The van der Waals surface area contributed by atoms with Crippen LogP contribution in [0.25, 0.3) is 66.2 Å². The molecule has 0 fully saturated rings. The second kappa shape index (κ2) is 13.5. The molecule has 0 saturated heterocycles. The SMILES string of the molecule is c1ccc(C2NC(c3cc(-c4ccc(-c5ccccn5)cc4)cc(-c4ccc(-c5cccc6ccccc56)cc4)c3)=Nc3c2ccc2ccccc32)cc1. The van der Waals surface area contributed by atoms with Crippen molar-refractivity contribution in [2.45, 2.75) is 6.04 Å². The van der Waals surface area contributed by atoms with E-state index in [4.69, 9.17) is 4.99 Å². The van der Waals surface area contributed by atoms with Gasteiger partial charge in [-0.3, -0.25) is 4.98 Å². The number of fused-ring (bicyclic) bond motifs is 4. The summed E-state index contributed by atoms with van der Waals surface area (Å²) >= 11 is 0. The van der Waals surface area contributed by atoms with Crippen LogP contribution in [0.2, 0.25) is 0 Å². The number of aromatic nitrogens is 1. The highest BCUT2D eigenvalue weighted by Gasteiger charge is 2.26. The van der Waals surface area contributed by atoms with Crippen molar-refractivity contribution >= 4 is 33.1 Å². The Labute approximate surface area is 315 Å². The van der Waals surface area contributed by atoms with Gasteiger partial charge in [-0.05, 0) is 85.4 Å². The van der Waals surface area contributed by atoms with E-state index in [1.165, 1.54) is 38.4 Å². The summed E-state index contributed by atoms with van der Waals surface area (Å²) in [5.74, 6) is 0.855. The number of nitrogens with zero attached hydrogens (tertiary/aromatic N) is 2. The molecular formula is C51H35N3. The lowest BCUT2D eigenvalue weighted by Gasteiger charge is -2.29. The highest BCUT2D eigenvalue weighted by molar-refractivity contribution is 6.07. The fourth-order valence-electron chi connectivity index (χ4n) is 7.83. The van der Waals surface area contributed by atoms with Gasteiger partial charge in [-0.2, -0.15) is 0 Å². The van der Waals surface area contributed by atoms with Crippen LogP contribution in [0.4, 0.5) is 5.69 Å². The van der Waals surface area contributed by atoms with Crippen LogP contribution in [0.5, 0.6) is 0 Å². The van der Waals surface area contributed by atoms with Crippen molar-refractivity contribution < 1.29 is 0 Å². The van der Waals surface area contributed by atoms with E-state index in [1.807, 2.05) is 24.4 Å². The molecule has 1 atom stereocenters. The Balaban J connectivity index is 1.12. The first-order chi connectivity index (χ1) is 26.7. The van der Waals surface area contributed by atoms with Crippen molar-refractivity contribution in [2.24, 2.45) is 4.99 Å². The molecule has 1 unspecified atom stereocenters. The fraction of sp³-hybridized carbons (Fsp3) is 0.0196. The van der Waals surface area contributed by atoms with Gasteiger partial charge in [-0.1, -0.05) is 164 Å².